The van der Waals surface area contributed by atoms with Gasteiger partial charge in [-0.15, -0.1) is 5.10 Å². The summed E-state index contributed by atoms with van der Waals surface area (Å²) in [7, 11) is 0. The lowest BCUT2D eigenvalue weighted by molar-refractivity contribution is 0.972. The minimum absolute atomic E-state index is 0.493. The SMILES string of the molecule is C/C(=N\Nc1nc(SCc2ccc(Cl)c(Cl)c2)n[nH]1)c1ccccc1. The largest absolute Gasteiger partial charge is 0.245 e. The molecule has 25 heavy (non-hydrogen) atoms. The highest BCUT2D eigenvalue weighted by molar-refractivity contribution is 7.98. The van der Waals surface area contributed by atoms with Gasteiger partial charge >= 0.3 is 0 Å². The predicted octanol–water partition coefficient (Wildman–Crippen LogP) is 5.24. The molecule has 0 saturated heterocycles. The molecule has 2 aromatic carbocycles. The maximum absolute atomic E-state index is 6.02. The third-order valence-electron chi connectivity index (χ3n) is 3.34. The quantitative estimate of drug-likeness (QED) is 0.342. The normalized spacial score (nSPS) is 11.6. The van der Waals surface area contributed by atoms with E-state index in [-0.39, 0.29) is 0 Å². The van der Waals surface area contributed by atoms with Gasteiger partial charge in [-0.3, -0.25) is 0 Å². The summed E-state index contributed by atoms with van der Waals surface area (Å²) in [4.78, 5) is 4.35. The first-order valence-electron chi connectivity index (χ1n) is 7.46. The van der Waals surface area contributed by atoms with Crippen LogP contribution in [0.15, 0.2) is 58.8 Å². The lowest BCUT2D eigenvalue weighted by Crippen LogP contribution is -2.00. The Labute approximate surface area is 159 Å². The number of aromatic amines is 1. The van der Waals surface area contributed by atoms with E-state index in [1.807, 2.05) is 49.4 Å². The van der Waals surface area contributed by atoms with Gasteiger partial charge in [0, 0.05) is 5.75 Å². The number of nitrogens with zero attached hydrogens (tertiary/aromatic N) is 3. The van der Waals surface area contributed by atoms with Crippen molar-refractivity contribution < 1.29 is 0 Å². The van der Waals surface area contributed by atoms with E-state index in [0.717, 1.165) is 16.8 Å². The highest BCUT2D eigenvalue weighted by Gasteiger charge is 2.06. The maximum Gasteiger partial charge on any atom is 0.240 e. The Morgan fingerprint density at radius 2 is 1.96 bits per heavy atom. The summed E-state index contributed by atoms with van der Waals surface area (Å²) in [6, 6.07) is 15.5. The Morgan fingerprint density at radius 1 is 1.16 bits per heavy atom. The van der Waals surface area contributed by atoms with Gasteiger partial charge in [-0.1, -0.05) is 71.4 Å². The van der Waals surface area contributed by atoms with Crippen molar-refractivity contribution in [3.8, 4) is 0 Å². The monoisotopic (exact) mass is 391 g/mol. The molecule has 3 aromatic rings. The lowest BCUT2D eigenvalue weighted by Gasteiger charge is -2.01. The van der Waals surface area contributed by atoms with Gasteiger partial charge in [0.15, 0.2) is 0 Å². The Kier molecular flexibility index (Phi) is 5.96. The molecule has 0 spiro atoms. The number of anilines is 1. The maximum atomic E-state index is 6.02. The fraction of sp³-hybridized carbons (Fsp3) is 0.118. The summed E-state index contributed by atoms with van der Waals surface area (Å²) in [6.45, 7) is 1.93. The van der Waals surface area contributed by atoms with E-state index in [9.17, 15) is 0 Å². The Morgan fingerprint density at radius 3 is 2.72 bits per heavy atom. The number of hydrogen-bond acceptors (Lipinski definition) is 5. The fourth-order valence-electron chi connectivity index (χ4n) is 2.02. The number of nitrogens with one attached hydrogen (secondary N) is 2. The molecule has 3 rings (SSSR count). The second kappa shape index (κ2) is 8.38. The van der Waals surface area contributed by atoms with Crippen LogP contribution >= 0.6 is 35.0 Å². The highest BCUT2D eigenvalue weighted by Crippen LogP contribution is 2.26. The van der Waals surface area contributed by atoms with E-state index in [0.29, 0.717) is 26.9 Å². The first-order valence-corrected chi connectivity index (χ1v) is 9.21. The van der Waals surface area contributed by atoms with Gasteiger partial charge < -0.3 is 0 Å². The second-order valence-corrected chi connectivity index (χ2v) is 6.94. The molecule has 0 radical (unpaired) electrons. The van der Waals surface area contributed by atoms with Gasteiger partial charge in [-0.05, 0) is 30.2 Å². The minimum Gasteiger partial charge on any atom is -0.245 e. The van der Waals surface area contributed by atoms with Gasteiger partial charge in [0.2, 0.25) is 11.1 Å². The van der Waals surface area contributed by atoms with Crippen LogP contribution in [0.1, 0.15) is 18.1 Å². The standard InChI is InChI=1S/C17H15Cl2N5S/c1-11(13-5-3-2-4-6-13)21-22-16-20-17(24-23-16)25-10-12-7-8-14(18)15(19)9-12/h2-9H,10H2,1H3,(H2,20,22,23,24)/b21-11+. The third kappa shape index (κ3) is 4.98. The summed E-state index contributed by atoms with van der Waals surface area (Å²) in [5.41, 5.74) is 5.85. The number of benzene rings is 2. The average molecular weight is 392 g/mol. The van der Waals surface area contributed by atoms with Crippen molar-refractivity contribution in [3.63, 3.8) is 0 Å². The molecule has 0 saturated carbocycles. The van der Waals surface area contributed by atoms with Crippen LogP contribution in [0.3, 0.4) is 0 Å². The summed E-state index contributed by atoms with van der Waals surface area (Å²) in [5.74, 6) is 1.19. The zero-order chi connectivity index (χ0) is 17.6. The topological polar surface area (TPSA) is 66.0 Å². The number of hydrogen-bond donors (Lipinski definition) is 2. The van der Waals surface area contributed by atoms with Crippen molar-refractivity contribution in [2.24, 2.45) is 5.10 Å². The van der Waals surface area contributed by atoms with Crippen LogP contribution in [-0.4, -0.2) is 20.9 Å². The van der Waals surface area contributed by atoms with Gasteiger partial charge in [0.25, 0.3) is 0 Å². The molecule has 0 atom stereocenters. The number of rotatable bonds is 6. The highest BCUT2D eigenvalue weighted by atomic mass is 35.5. The van der Waals surface area contributed by atoms with Gasteiger partial charge in [-0.25, -0.2) is 10.5 Å². The first-order chi connectivity index (χ1) is 12.1. The molecule has 0 amide bonds. The Hall–Kier alpha value is -2.02. The lowest BCUT2D eigenvalue weighted by atomic mass is 10.1. The molecule has 0 fully saturated rings. The third-order valence-corrected chi connectivity index (χ3v) is 5.00. The van der Waals surface area contributed by atoms with Crippen molar-refractivity contribution in [1.29, 1.82) is 0 Å². The molecule has 0 bridgehead atoms. The molecule has 1 heterocycles. The minimum atomic E-state index is 0.493. The number of halogens is 2. The van der Waals surface area contributed by atoms with Crippen LogP contribution in [0.4, 0.5) is 5.95 Å². The van der Waals surface area contributed by atoms with Crippen molar-refractivity contribution in [2.45, 2.75) is 17.8 Å². The van der Waals surface area contributed by atoms with E-state index in [1.54, 1.807) is 6.07 Å². The molecule has 5 nitrogen and oxygen atoms in total. The molecule has 0 unspecified atom stereocenters. The number of H-pyrrole nitrogens is 1. The van der Waals surface area contributed by atoms with Crippen molar-refractivity contribution in [1.82, 2.24) is 15.2 Å². The van der Waals surface area contributed by atoms with Crippen molar-refractivity contribution >= 4 is 46.6 Å². The molecule has 2 N–H and O–H groups in total. The zero-order valence-corrected chi connectivity index (χ0v) is 15.7. The first kappa shape index (κ1) is 17.8. The van der Waals surface area contributed by atoms with Crippen LogP contribution in [0, 0.1) is 0 Å². The Balaban J connectivity index is 1.58. The Bertz CT molecular complexity index is 880. The van der Waals surface area contributed by atoms with Gasteiger partial charge in [0.1, 0.15) is 0 Å². The predicted molar refractivity (Wildman–Crippen MR) is 105 cm³/mol. The van der Waals surface area contributed by atoms with E-state index >= 15 is 0 Å². The molecule has 128 valence electrons. The van der Waals surface area contributed by atoms with Crippen LogP contribution < -0.4 is 5.43 Å². The number of aromatic nitrogens is 3. The summed E-state index contributed by atoms with van der Waals surface area (Å²) < 4.78 is 0. The molecular weight excluding hydrogens is 377 g/mol. The number of thioether (sulfide) groups is 1. The van der Waals surface area contributed by atoms with E-state index in [1.165, 1.54) is 11.8 Å². The molecular formula is C17H15Cl2N5S. The van der Waals surface area contributed by atoms with Crippen LogP contribution in [-0.2, 0) is 5.75 Å². The fourth-order valence-corrected chi connectivity index (χ4v) is 3.08. The van der Waals surface area contributed by atoms with Crippen LogP contribution in [0.2, 0.25) is 10.0 Å². The summed E-state index contributed by atoms with van der Waals surface area (Å²) in [6.07, 6.45) is 0. The van der Waals surface area contributed by atoms with E-state index in [4.69, 9.17) is 23.2 Å². The molecule has 0 aliphatic heterocycles. The summed E-state index contributed by atoms with van der Waals surface area (Å²) in [5, 5.41) is 13.0. The smallest absolute Gasteiger partial charge is 0.240 e. The zero-order valence-electron chi connectivity index (χ0n) is 13.3. The van der Waals surface area contributed by atoms with Gasteiger partial charge in [-0.2, -0.15) is 10.1 Å². The van der Waals surface area contributed by atoms with Crippen LogP contribution in [0.25, 0.3) is 0 Å². The molecule has 0 aliphatic carbocycles. The molecule has 1 aromatic heterocycles. The number of hydrazone groups is 1. The van der Waals surface area contributed by atoms with Crippen molar-refractivity contribution in [3.05, 3.63) is 69.7 Å². The van der Waals surface area contributed by atoms with Gasteiger partial charge in [0.05, 0.1) is 15.8 Å². The second-order valence-electron chi connectivity index (χ2n) is 5.18. The average Bonchev–Trinajstić information content (AvgIpc) is 3.09. The van der Waals surface area contributed by atoms with E-state index in [2.05, 4.69) is 25.7 Å². The van der Waals surface area contributed by atoms with Crippen LogP contribution in [0.5, 0.6) is 0 Å². The van der Waals surface area contributed by atoms with E-state index < -0.39 is 0 Å². The molecule has 8 heteroatoms. The molecule has 0 aliphatic rings. The van der Waals surface area contributed by atoms with Crippen molar-refractivity contribution in [2.75, 3.05) is 5.43 Å². The summed E-state index contributed by atoms with van der Waals surface area (Å²) >= 11 is 13.4.